The van der Waals surface area contributed by atoms with Gasteiger partial charge in [-0.1, -0.05) is 170 Å². The first-order valence-electron chi connectivity index (χ1n) is 18.3. The van der Waals surface area contributed by atoms with Gasteiger partial charge in [0.25, 0.3) is 0 Å². The lowest BCUT2D eigenvalue weighted by molar-refractivity contribution is 1.08. The molecule has 3 heteroatoms. The van der Waals surface area contributed by atoms with Crippen molar-refractivity contribution in [3.8, 4) is 67.5 Å². The van der Waals surface area contributed by atoms with Crippen molar-refractivity contribution in [1.82, 2.24) is 15.0 Å². The molecule has 0 saturated carbocycles. The van der Waals surface area contributed by atoms with Gasteiger partial charge < -0.3 is 0 Å². The Bertz CT molecular complexity index is 2970. The number of rotatable bonds is 6. The first-order chi connectivity index (χ1) is 26.7. The monoisotopic (exact) mass is 687 g/mol. The molecule has 9 aromatic carbocycles. The average molecular weight is 688 g/mol. The van der Waals surface area contributed by atoms with Crippen molar-refractivity contribution in [1.29, 1.82) is 0 Å². The maximum Gasteiger partial charge on any atom is 0.164 e. The molecule has 3 nitrogen and oxygen atoms in total. The van der Waals surface area contributed by atoms with E-state index in [1.54, 1.807) is 0 Å². The van der Waals surface area contributed by atoms with Gasteiger partial charge >= 0.3 is 0 Å². The summed E-state index contributed by atoms with van der Waals surface area (Å²) in [6, 6.07) is 70.7. The van der Waals surface area contributed by atoms with E-state index in [1.165, 1.54) is 32.8 Å². The molecule has 54 heavy (non-hydrogen) atoms. The lowest BCUT2D eigenvalue weighted by Crippen LogP contribution is -2.00. The van der Waals surface area contributed by atoms with E-state index in [1.807, 2.05) is 6.07 Å². The number of benzene rings is 9. The standard InChI is InChI=1S/C51H33N3/c1-3-11-34(12-4-1)36-19-22-38(23-20-36)49-52-50(54-51(53-49)46-32-44-17-9-10-18-47(44)48(33-46)37-14-5-2-6-15-37)45-28-27-42-30-41(25-26-43(42)31-45)40-24-21-35-13-7-8-16-39(35)29-40/h1-33H. The van der Waals surface area contributed by atoms with Crippen molar-refractivity contribution in [3.05, 3.63) is 200 Å². The summed E-state index contributed by atoms with van der Waals surface area (Å²) in [4.78, 5) is 15.5. The van der Waals surface area contributed by atoms with E-state index >= 15 is 0 Å². The minimum Gasteiger partial charge on any atom is -0.208 e. The Kier molecular flexibility index (Phi) is 7.81. The third-order valence-electron chi connectivity index (χ3n) is 10.3. The molecule has 0 aliphatic heterocycles. The molecule has 0 aliphatic carbocycles. The van der Waals surface area contributed by atoms with Crippen LogP contribution in [0.25, 0.3) is 99.9 Å². The van der Waals surface area contributed by atoms with Crippen molar-refractivity contribution in [2.45, 2.75) is 0 Å². The van der Waals surface area contributed by atoms with Crippen LogP contribution in [0.15, 0.2) is 200 Å². The highest BCUT2D eigenvalue weighted by Gasteiger charge is 2.16. The third kappa shape index (κ3) is 5.98. The van der Waals surface area contributed by atoms with E-state index in [2.05, 4.69) is 194 Å². The van der Waals surface area contributed by atoms with E-state index in [4.69, 9.17) is 15.0 Å². The zero-order valence-electron chi connectivity index (χ0n) is 29.4. The van der Waals surface area contributed by atoms with Crippen molar-refractivity contribution in [2.24, 2.45) is 0 Å². The van der Waals surface area contributed by atoms with Crippen LogP contribution in [-0.2, 0) is 0 Å². The molecule has 0 bridgehead atoms. The Balaban J connectivity index is 1.10. The van der Waals surface area contributed by atoms with Gasteiger partial charge in [-0.15, -0.1) is 0 Å². The molecule has 0 amide bonds. The van der Waals surface area contributed by atoms with E-state index < -0.39 is 0 Å². The fraction of sp³-hybridized carbons (Fsp3) is 0. The maximum absolute atomic E-state index is 5.18. The summed E-state index contributed by atoms with van der Waals surface area (Å²) in [6.07, 6.45) is 0. The molecule has 0 aliphatic rings. The molecule has 1 aromatic heterocycles. The minimum absolute atomic E-state index is 0.635. The molecule has 0 fully saturated rings. The van der Waals surface area contributed by atoms with E-state index in [0.29, 0.717) is 17.5 Å². The molecule has 1 heterocycles. The van der Waals surface area contributed by atoms with Gasteiger partial charge in [0.15, 0.2) is 17.5 Å². The summed E-state index contributed by atoms with van der Waals surface area (Å²) < 4.78 is 0. The Labute approximate surface area is 313 Å². The molecular weight excluding hydrogens is 655 g/mol. The van der Waals surface area contributed by atoms with Gasteiger partial charge in [0.2, 0.25) is 0 Å². The third-order valence-corrected chi connectivity index (χ3v) is 10.3. The lowest BCUT2D eigenvalue weighted by Gasteiger charge is -2.13. The first kappa shape index (κ1) is 31.5. The second kappa shape index (κ2) is 13.4. The van der Waals surface area contributed by atoms with Crippen molar-refractivity contribution in [3.63, 3.8) is 0 Å². The Morgan fingerprint density at radius 2 is 0.630 bits per heavy atom. The van der Waals surface area contributed by atoms with Crippen LogP contribution in [0.1, 0.15) is 0 Å². The highest BCUT2D eigenvalue weighted by Crippen LogP contribution is 2.36. The lowest BCUT2D eigenvalue weighted by atomic mass is 9.95. The molecule has 0 radical (unpaired) electrons. The Hall–Kier alpha value is -7.23. The van der Waals surface area contributed by atoms with Crippen LogP contribution in [0, 0.1) is 0 Å². The van der Waals surface area contributed by atoms with Crippen molar-refractivity contribution in [2.75, 3.05) is 0 Å². The molecule has 0 saturated heterocycles. The number of nitrogens with zero attached hydrogens (tertiary/aromatic N) is 3. The molecule has 10 rings (SSSR count). The van der Waals surface area contributed by atoms with Gasteiger partial charge in [0.05, 0.1) is 0 Å². The normalized spacial score (nSPS) is 11.3. The molecule has 10 aromatic rings. The van der Waals surface area contributed by atoms with Crippen LogP contribution in [0.5, 0.6) is 0 Å². The summed E-state index contributed by atoms with van der Waals surface area (Å²) >= 11 is 0. The van der Waals surface area contributed by atoms with Gasteiger partial charge in [-0.3, -0.25) is 0 Å². The fourth-order valence-electron chi connectivity index (χ4n) is 7.44. The highest BCUT2D eigenvalue weighted by atomic mass is 15.0. The first-order valence-corrected chi connectivity index (χ1v) is 18.3. The Morgan fingerprint density at radius 1 is 0.222 bits per heavy atom. The van der Waals surface area contributed by atoms with Crippen LogP contribution in [0.4, 0.5) is 0 Å². The summed E-state index contributed by atoms with van der Waals surface area (Å²) in [5, 5.41) is 7.11. The van der Waals surface area contributed by atoms with Gasteiger partial charge in [0, 0.05) is 16.7 Å². The predicted molar refractivity (Wildman–Crippen MR) is 225 cm³/mol. The van der Waals surface area contributed by atoms with Crippen LogP contribution in [-0.4, -0.2) is 15.0 Å². The van der Waals surface area contributed by atoms with Crippen LogP contribution in [0.2, 0.25) is 0 Å². The predicted octanol–water partition coefficient (Wildman–Crippen LogP) is 13.3. The zero-order valence-corrected chi connectivity index (χ0v) is 29.4. The average Bonchev–Trinajstić information content (AvgIpc) is 3.26. The van der Waals surface area contributed by atoms with Gasteiger partial charge in [-0.2, -0.15) is 0 Å². The smallest absolute Gasteiger partial charge is 0.164 e. The quantitative estimate of drug-likeness (QED) is 0.175. The van der Waals surface area contributed by atoms with Gasteiger partial charge in [-0.05, 0) is 96.0 Å². The maximum atomic E-state index is 5.18. The molecule has 252 valence electrons. The molecule has 0 N–H and O–H groups in total. The van der Waals surface area contributed by atoms with Crippen molar-refractivity contribution >= 4 is 32.3 Å². The molecule has 0 atom stereocenters. The summed E-state index contributed by atoms with van der Waals surface area (Å²) in [5.74, 6) is 1.91. The second-order valence-corrected chi connectivity index (χ2v) is 13.7. The molecular formula is C51H33N3. The van der Waals surface area contributed by atoms with E-state index in [9.17, 15) is 0 Å². The minimum atomic E-state index is 0.635. The summed E-state index contributed by atoms with van der Waals surface area (Å²) in [6.45, 7) is 0. The van der Waals surface area contributed by atoms with Gasteiger partial charge in [0.1, 0.15) is 0 Å². The zero-order chi connectivity index (χ0) is 35.8. The van der Waals surface area contributed by atoms with Crippen LogP contribution in [0.3, 0.4) is 0 Å². The number of aromatic nitrogens is 3. The van der Waals surface area contributed by atoms with E-state index in [-0.39, 0.29) is 0 Å². The SMILES string of the molecule is c1ccc(-c2ccc(-c3nc(-c4ccc5cc(-c6ccc7ccccc7c6)ccc5c4)nc(-c4cc(-c5ccccc5)c5ccccc5c4)n3)cc2)cc1. The van der Waals surface area contributed by atoms with Gasteiger partial charge in [-0.25, -0.2) is 15.0 Å². The molecule has 0 spiro atoms. The van der Waals surface area contributed by atoms with Crippen LogP contribution < -0.4 is 0 Å². The van der Waals surface area contributed by atoms with Crippen molar-refractivity contribution < 1.29 is 0 Å². The topological polar surface area (TPSA) is 38.7 Å². The number of hydrogen-bond donors (Lipinski definition) is 0. The van der Waals surface area contributed by atoms with E-state index in [0.717, 1.165) is 49.5 Å². The summed E-state index contributed by atoms with van der Waals surface area (Å²) in [5.41, 5.74) is 9.83. The van der Waals surface area contributed by atoms with Crippen LogP contribution >= 0.6 is 0 Å². The fourth-order valence-corrected chi connectivity index (χ4v) is 7.44. The number of fused-ring (bicyclic) bond motifs is 3. The second-order valence-electron chi connectivity index (χ2n) is 13.7. The summed E-state index contributed by atoms with van der Waals surface area (Å²) in [7, 11) is 0. The number of hydrogen-bond acceptors (Lipinski definition) is 3. The Morgan fingerprint density at radius 3 is 1.31 bits per heavy atom. The largest absolute Gasteiger partial charge is 0.208 e. The molecule has 0 unspecified atom stereocenters. The highest BCUT2D eigenvalue weighted by molar-refractivity contribution is 6.00.